The fraction of sp³-hybridized carbons (Fsp3) is 0.300. The number of rotatable bonds is 6. The van der Waals surface area contributed by atoms with E-state index < -0.39 is 16.2 Å². The lowest BCUT2D eigenvalue weighted by Crippen LogP contribution is -2.34. The highest BCUT2D eigenvalue weighted by Crippen LogP contribution is 2.27. The molecule has 0 aliphatic rings. The first-order valence-corrected chi connectivity index (χ1v) is 6.98. The molecule has 7 nitrogen and oxygen atoms in total. The molecule has 9 heteroatoms. The summed E-state index contributed by atoms with van der Waals surface area (Å²) in [5.41, 5.74) is -0.0744. The van der Waals surface area contributed by atoms with E-state index in [1.807, 2.05) is 0 Å². The molecule has 1 aromatic rings. The van der Waals surface area contributed by atoms with Crippen molar-refractivity contribution in [2.24, 2.45) is 0 Å². The number of aromatic hydroxyl groups is 1. The van der Waals surface area contributed by atoms with Crippen LogP contribution in [0.15, 0.2) is 18.2 Å². The van der Waals surface area contributed by atoms with Crippen LogP contribution in [0.25, 0.3) is 0 Å². The average molecular weight is 309 g/mol. The lowest BCUT2D eigenvalue weighted by atomic mass is 10.3. The lowest BCUT2D eigenvalue weighted by molar-refractivity contribution is -0.137. The second kappa shape index (κ2) is 6.09. The maximum Gasteiger partial charge on any atom is 0.304 e. The van der Waals surface area contributed by atoms with Gasteiger partial charge in [-0.2, -0.15) is 12.7 Å². The molecule has 0 saturated carbocycles. The Kier molecular flexibility index (Phi) is 4.98. The van der Waals surface area contributed by atoms with Gasteiger partial charge >= 0.3 is 16.2 Å². The molecule has 0 heterocycles. The average Bonchev–Trinajstić information content (AvgIpc) is 2.30. The first-order chi connectivity index (χ1) is 8.72. The van der Waals surface area contributed by atoms with Crippen LogP contribution in [0.2, 0.25) is 5.02 Å². The monoisotopic (exact) mass is 308 g/mol. The first kappa shape index (κ1) is 15.5. The molecule has 0 amide bonds. The maximum absolute atomic E-state index is 11.8. The summed E-state index contributed by atoms with van der Waals surface area (Å²) in [5.74, 6) is -1.38. The second-order valence-corrected chi connectivity index (χ2v) is 5.95. The molecule has 0 aliphatic carbocycles. The van der Waals surface area contributed by atoms with Crippen LogP contribution >= 0.6 is 11.6 Å². The Hall–Kier alpha value is -1.51. The van der Waals surface area contributed by atoms with E-state index in [2.05, 4.69) is 4.72 Å². The molecule has 0 unspecified atom stereocenters. The Morgan fingerprint density at radius 2 is 2.11 bits per heavy atom. The van der Waals surface area contributed by atoms with Gasteiger partial charge in [-0.25, -0.2) is 0 Å². The fourth-order valence-corrected chi connectivity index (χ4v) is 2.28. The highest BCUT2D eigenvalue weighted by atomic mass is 35.5. The lowest BCUT2D eigenvalue weighted by Gasteiger charge is -2.18. The number of halogens is 1. The summed E-state index contributed by atoms with van der Waals surface area (Å²) >= 11 is 5.69. The molecule has 0 atom stereocenters. The highest BCUT2D eigenvalue weighted by Gasteiger charge is 2.19. The molecular formula is C10H13ClN2O5S. The minimum absolute atomic E-state index is 0.0744. The van der Waals surface area contributed by atoms with Gasteiger partial charge in [0.15, 0.2) is 0 Å². The summed E-state index contributed by atoms with van der Waals surface area (Å²) < 4.78 is 26.6. The van der Waals surface area contributed by atoms with Gasteiger partial charge in [-0.3, -0.25) is 9.52 Å². The van der Waals surface area contributed by atoms with Crippen molar-refractivity contribution < 1.29 is 23.4 Å². The highest BCUT2D eigenvalue weighted by molar-refractivity contribution is 7.90. The van der Waals surface area contributed by atoms with E-state index >= 15 is 0 Å². The Balaban J connectivity index is 2.84. The van der Waals surface area contributed by atoms with Gasteiger partial charge in [-0.05, 0) is 18.2 Å². The van der Waals surface area contributed by atoms with E-state index in [1.165, 1.54) is 25.2 Å². The van der Waals surface area contributed by atoms with Crippen LogP contribution in [0.4, 0.5) is 5.69 Å². The fourth-order valence-electron chi connectivity index (χ4n) is 1.18. The quantitative estimate of drug-likeness (QED) is 0.682. The van der Waals surface area contributed by atoms with Gasteiger partial charge in [0.2, 0.25) is 0 Å². The number of nitrogens with zero attached hydrogens (tertiary/aromatic N) is 1. The van der Waals surface area contributed by atoms with Crippen molar-refractivity contribution in [2.45, 2.75) is 6.42 Å². The third kappa shape index (κ3) is 4.58. The van der Waals surface area contributed by atoms with Crippen molar-refractivity contribution in [1.82, 2.24) is 4.31 Å². The Bertz CT molecular complexity index is 575. The largest absolute Gasteiger partial charge is 0.506 e. The molecule has 1 aromatic carbocycles. The minimum atomic E-state index is -3.95. The molecular weight excluding hydrogens is 296 g/mol. The van der Waals surface area contributed by atoms with Gasteiger partial charge in [0.25, 0.3) is 0 Å². The number of benzene rings is 1. The molecule has 0 aromatic heterocycles. The predicted octanol–water partition coefficient (Wildman–Crippen LogP) is 1.11. The van der Waals surface area contributed by atoms with Crippen molar-refractivity contribution in [3.8, 4) is 5.75 Å². The SMILES string of the molecule is CN(CCC(=O)O)S(=O)(=O)Nc1cc(Cl)ccc1O. The summed E-state index contributed by atoms with van der Waals surface area (Å²) in [5, 5.41) is 18.3. The third-order valence-corrected chi connectivity index (χ3v) is 3.96. The van der Waals surface area contributed by atoms with Crippen molar-refractivity contribution in [1.29, 1.82) is 0 Å². The number of carboxylic acids is 1. The number of phenolic OH excluding ortho intramolecular Hbond substituents is 1. The number of anilines is 1. The molecule has 3 N–H and O–H groups in total. The zero-order chi connectivity index (χ0) is 14.6. The Morgan fingerprint density at radius 1 is 1.47 bits per heavy atom. The molecule has 0 bridgehead atoms. The van der Waals surface area contributed by atoms with Crippen LogP contribution in [0.1, 0.15) is 6.42 Å². The molecule has 0 spiro atoms. The van der Waals surface area contributed by atoms with E-state index in [-0.39, 0.29) is 29.4 Å². The number of hydrogen-bond donors (Lipinski definition) is 3. The standard InChI is InChI=1S/C10H13ClN2O5S/c1-13(5-4-10(15)16)19(17,18)12-8-6-7(11)2-3-9(8)14/h2-3,6,12,14H,4-5H2,1H3,(H,15,16). The van der Waals surface area contributed by atoms with E-state index in [0.717, 1.165) is 4.31 Å². The molecule has 1 rings (SSSR count). The van der Waals surface area contributed by atoms with E-state index in [4.69, 9.17) is 16.7 Å². The topological polar surface area (TPSA) is 107 Å². The molecule has 19 heavy (non-hydrogen) atoms. The number of carboxylic acid groups (broad SMARTS) is 1. The van der Waals surface area contributed by atoms with Crippen LogP contribution in [-0.4, -0.2) is 42.5 Å². The van der Waals surface area contributed by atoms with Gasteiger partial charge in [-0.15, -0.1) is 0 Å². The zero-order valence-electron chi connectivity index (χ0n) is 10.00. The smallest absolute Gasteiger partial charge is 0.304 e. The maximum atomic E-state index is 11.8. The second-order valence-electron chi connectivity index (χ2n) is 3.73. The van der Waals surface area contributed by atoms with Gasteiger partial charge < -0.3 is 10.2 Å². The van der Waals surface area contributed by atoms with Crippen LogP contribution in [0.5, 0.6) is 5.75 Å². The molecule has 106 valence electrons. The Labute approximate surface area is 115 Å². The van der Waals surface area contributed by atoms with Crippen LogP contribution in [-0.2, 0) is 15.0 Å². The number of phenols is 1. The zero-order valence-corrected chi connectivity index (χ0v) is 11.6. The molecule has 0 fully saturated rings. The summed E-state index contributed by atoms with van der Waals surface area (Å²) in [6.07, 6.45) is -0.320. The number of nitrogens with one attached hydrogen (secondary N) is 1. The van der Waals surface area contributed by atoms with Gasteiger partial charge in [0, 0.05) is 18.6 Å². The third-order valence-electron chi connectivity index (χ3n) is 2.25. The number of aliphatic carboxylic acids is 1. The van der Waals surface area contributed by atoms with Crippen molar-refractivity contribution >= 4 is 33.5 Å². The van der Waals surface area contributed by atoms with Crippen molar-refractivity contribution in [3.05, 3.63) is 23.2 Å². The summed E-state index contributed by atoms with van der Waals surface area (Å²) in [6, 6.07) is 3.90. The van der Waals surface area contributed by atoms with Crippen molar-refractivity contribution in [2.75, 3.05) is 18.3 Å². The van der Waals surface area contributed by atoms with Crippen LogP contribution < -0.4 is 4.72 Å². The van der Waals surface area contributed by atoms with E-state index in [1.54, 1.807) is 0 Å². The van der Waals surface area contributed by atoms with Crippen LogP contribution in [0, 0.1) is 0 Å². The Morgan fingerprint density at radius 3 is 2.68 bits per heavy atom. The summed E-state index contributed by atoms with van der Waals surface area (Å²) in [6.45, 7) is -0.188. The van der Waals surface area contributed by atoms with Crippen molar-refractivity contribution in [3.63, 3.8) is 0 Å². The number of hydrogen-bond acceptors (Lipinski definition) is 4. The van der Waals surface area contributed by atoms with Gasteiger partial charge in [-0.1, -0.05) is 11.6 Å². The molecule has 0 radical (unpaired) electrons. The number of carbonyl (C=O) groups is 1. The van der Waals surface area contributed by atoms with Crippen LogP contribution in [0.3, 0.4) is 0 Å². The molecule has 0 saturated heterocycles. The summed E-state index contributed by atoms with van der Waals surface area (Å²) in [4.78, 5) is 10.4. The van der Waals surface area contributed by atoms with E-state index in [0.29, 0.717) is 0 Å². The first-order valence-electron chi connectivity index (χ1n) is 5.17. The minimum Gasteiger partial charge on any atom is -0.506 e. The summed E-state index contributed by atoms with van der Waals surface area (Å²) in [7, 11) is -2.72. The van der Waals surface area contributed by atoms with Gasteiger partial charge in [0.1, 0.15) is 5.75 Å². The van der Waals surface area contributed by atoms with E-state index in [9.17, 15) is 18.3 Å². The normalized spacial score (nSPS) is 11.5. The predicted molar refractivity (Wildman–Crippen MR) is 70.5 cm³/mol. The molecule has 0 aliphatic heterocycles. The van der Waals surface area contributed by atoms with Gasteiger partial charge in [0.05, 0.1) is 12.1 Å².